The van der Waals surface area contributed by atoms with Crippen LogP contribution < -0.4 is 10.9 Å². The van der Waals surface area contributed by atoms with Crippen LogP contribution in [0.1, 0.15) is 43.2 Å². The van der Waals surface area contributed by atoms with Crippen LogP contribution in [0.4, 0.5) is 5.82 Å². The van der Waals surface area contributed by atoms with Crippen molar-refractivity contribution in [2.45, 2.75) is 45.1 Å². The highest BCUT2D eigenvalue weighted by molar-refractivity contribution is 8.26. The number of pyridine rings is 1. The predicted octanol–water partition coefficient (Wildman–Crippen LogP) is 3.60. The lowest BCUT2D eigenvalue weighted by Gasteiger charge is -2.24. The maximum absolute atomic E-state index is 13.4. The number of hydrogen-bond donors (Lipinski definition) is 1. The first kappa shape index (κ1) is 22.0. The summed E-state index contributed by atoms with van der Waals surface area (Å²) in [5.41, 5.74) is 1.73. The molecule has 0 radical (unpaired) electrons. The summed E-state index contributed by atoms with van der Waals surface area (Å²) in [6.07, 6.45) is 9.01. The number of nitrogens with zero attached hydrogens (tertiary/aromatic N) is 3. The number of amides is 1. The van der Waals surface area contributed by atoms with E-state index in [2.05, 4.69) is 5.32 Å². The van der Waals surface area contributed by atoms with Gasteiger partial charge in [0.05, 0.1) is 23.6 Å². The van der Waals surface area contributed by atoms with Gasteiger partial charge < -0.3 is 10.1 Å². The molecule has 3 heterocycles. The molecule has 1 saturated heterocycles. The van der Waals surface area contributed by atoms with E-state index in [4.69, 9.17) is 21.9 Å². The minimum atomic E-state index is -0.204. The molecule has 0 atom stereocenters. The van der Waals surface area contributed by atoms with E-state index in [0.29, 0.717) is 39.4 Å². The minimum Gasteiger partial charge on any atom is -0.383 e. The number of thioether (sulfide) groups is 1. The molecule has 0 aromatic carbocycles. The van der Waals surface area contributed by atoms with Gasteiger partial charge in [0.15, 0.2) is 0 Å². The molecule has 31 heavy (non-hydrogen) atoms. The third kappa shape index (κ3) is 4.53. The minimum absolute atomic E-state index is 0.200. The summed E-state index contributed by atoms with van der Waals surface area (Å²) in [7, 11) is 1.58. The first-order valence-electron chi connectivity index (χ1n) is 10.5. The SMILES string of the molecule is COCCN1C(=O)C(=Cc2c(NC3CCCCC3)nc3c(C)cccn3c2=O)SC1=S. The molecule has 0 bridgehead atoms. The van der Waals surface area contributed by atoms with Crippen molar-refractivity contribution in [3.05, 3.63) is 44.7 Å². The van der Waals surface area contributed by atoms with Gasteiger partial charge in [-0.2, -0.15) is 0 Å². The number of aryl methyl sites for hydroxylation is 1. The van der Waals surface area contributed by atoms with Crippen LogP contribution in [-0.2, 0) is 9.53 Å². The van der Waals surface area contributed by atoms with Crippen molar-refractivity contribution in [1.29, 1.82) is 0 Å². The maximum Gasteiger partial charge on any atom is 0.267 e. The van der Waals surface area contributed by atoms with E-state index in [1.54, 1.807) is 23.8 Å². The van der Waals surface area contributed by atoms with Gasteiger partial charge in [-0.25, -0.2) is 4.98 Å². The fourth-order valence-corrected chi connectivity index (χ4v) is 5.29. The zero-order valence-electron chi connectivity index (χ0n) is 17.7. The number of fused-ring (bicyclic) bond motifs is 1. The fraction of sp³-hybridized carbons (Fsp3) is 0.455. The first-order valence-corrected chi connectivity index (χ1v) is 11.7. The highest BCUT2D eigenvalue weighted by Crippen LogP contribution is 2.33. The number of thiocarbonyl (C=S) groups is 1. The van der Waals surface area contributed by atoms with E-state index in [-0.39, 0.29) is 17.5 Å². The van der Waals surface area contributed by atoms with Crippen molar-refractivity contribution >= 4 is 51.7 Å². The molecule has 1 N–H and O–H groups in total. The van der Waals surface area contributed by atoms with Crippen molar-refractivity contribution in [3.8, 4) is 0 Å². The van der Waals surface area contributed by atoms with E-state index in [1.165, 1.54) is 23.1 Å². The van der Waals surface area contributed by atoms with Gasteiger partial charge in [-0.05, 0) is 37.5 Å². The highest BCUT2D eigenvalue weighted by Gasteiger charge is 2.32. The van der Waals surface area contributed by atoms with Gasteiger partial charge in [-0.15, -0.1) is 0 Å². The van der Waals surface area contributed by atoms with E-state index < -0.39 is 0 Å². The number of anilines is 1. The number of hydrogen-bond acceptors (Lipinski definition) is 7. The Balaban J connectivity index is 1.78. The molecule has 7 nitrogen and oxygen atoms in total. The monoisotopic (exact) mass is 458 g/mol. The fourth-order valence-electron chi connectivity index (χ4n) is 4.00. The number of rotatable bonds is 6. The Hall–Kier alpha value is -2.23. The number of nitrogens with one attached hydrogen (secondary N) is 1. The van der Waals surface area contributed by atoms with Gasteiger partial charge in [-0.1, -0.05) is 49.3 Å². The summed E-state index contributed by atoms with van der Waals surface area (Å²) in [6, 6.07) is 4.04. The maximum atomic E-state index is 13.4. The van der Waals surface area contributed by atoms with E-state index in [1.807, 2.05) is 19.1 Å². The molecule has 2 aromatic heterocycles. The summed E-state index contributed by atoms with van der Waals surface area (Å²) in [6.45, 7) is 2.72. The summed E-state index contributed by atoms with van der Waals surface area (Å²) in [5.74, 6) is 0.331. The summed E-state index contributed by atoms with van der Waals surface area (Å²) >= 11 is 6.58. The Morgan fingerprint density at radius 3 is 2.84 bits per heavy atom. The standard InChI is InChI=1S/C22H26N4O3S2/c1-14-7-6-10-25-19(14)24-18(23-15-8-4-3-5-9-15)16(20(25)27)13-17-21(28)26(11-12-29-2)22(30)31-17/h6-7,10,13,15,23H,3-5,8-9,11-12H2,1-2H3. The first-order chi connectivity index (χ1) is 15.0. The molecule has 164 valence electrons. The van der Waals surface area contributed by atoms with Crippen molar-refractivity contribution in [2.75, 3.05) is 25.6 Å². The molecule has 4 rings (SSSR count). The second-order valence-electron chi connectivity index (χ2n) is 7.87. The van der Waals surface area contributed by atoms with Crippen molar-refractivity contribution in [3.63, 3.8) is 0 Å². The Bertz CT molecular complexity index is 1110. The molecule has 1 aliphatic heterocycles. The van der Waals surface area contributed by atoms with Crippen LogP contribution in [0.15, 0.2) is 28.0 Å². The van der Waals surface area contributed by atoms with Gasteiger partial charge in [0.1, 0.15) is 15.8 Å². The average Bonchev–Trinajstić information content (AvgIpc) is 3.03. The molecular weight excluding hydrogens is 432 g/mol. The average molecular weight is 459 g/mol. The number of aromatic nitrogens is 2. The van der Waals surface area contributed by atoms with Crippen LogP contribution in [0.25, 0.3) is 11.7 Å². The largest absolute Gasteiger partial charge is 0.383 e. The number of ether oxygens (including phenoxy) is 1. The molecule has 0 spiro atoms. The highest BCUT2D eigenvalue weighted by atomic mass is 32.2. The van der Waals surface area contributed by atoms with Gasteiger partial charge in [0.2, 0.25) is 0 Å². The summed E-state index contributed by atoms with van der Waals surface area (Å²) < 4.78 is 7.09. The molecule has 2 aromatic rings. The van der Waals surface area contributed by atoms with Crippen molar-refractivity contribution in [1.82, 2.24) is 14.3 Å². The molecule has 2 fully saturated rings. The van der Waals surface area contributed by atoms with E-state index in [0.717, 1.165) is 31.2 Å². The zero-order valence-corrected chi connectivity index (χ0v) is 19.4. The third-order valence-corrected chi connectivity index (χ3v) is 7.08. The third-order valence-electron chi connectivity index (χ3n) is 5.70. The number of methoxy groups -OCH3 is 1. The van der Waals surface area contributed by atoms with Crippen LogP contribution >= 0.6 is 24.0 Å². The molecular formula is C22H26N4O3S2. The Morgan fingerprint density at radius 2 is 2.10 bits per heavy atom. The topological polar surface area (TPSA) is 75.9 Å². The van der Waals surface area contributed by atoms with Crippen LogP contribution in [0.5, 0.6) is 0 Å². The smallest absolute Gasteiger partial charge is 0.267 e. The van der Waals surface area contributed by atoms with Crippen LogP contribution in [0, 0.1) is 6.92 Å². The van der Waals surface area contributed by atoms with Gasteiger partial charge in [0, 0.05) is 19.3 Å². The Labute approximate surface area is 190 Å². The lowest BCUT2D eigenvalue weighted by Crippen LogP contribution is -2.31. The summed E-state index contributed by atoms with van der Waals surface area (Å²) in [4.78, 5) is 33.1. The normalized spacial score (nSPS) is 19.0. The summed E-state index contributed by atoms with van der Waals surface area (Å²) in [5, 5.41) is 3.50. The second kappa shape index (κ2) is 9.50. The van der Waals surface area contributed by atoms with Crippen LogP contribution in [0.3, 0.4) is 0 Å². The molecule has 0 unspecified atom stereocenters. The predicted molar refractivity (Wildman–Crippen MR) is 128 cm³/mol. The van der Waals surface area contributed by atoms with Crippen LogP contribution in [0.2, 0.25) is 0 Å². The molecule has 9 heteroatoms. The molecule has 1 saturated carbocycles. The van der Waals surface area contributed by atoms with Gasteiger partial charge >= 0.3 is 0 Å². The second-order valence-corrected chi connectivity index (χ2v) is 9.55. The van der Waals surface area contributed by atoms with Gasteiger partial charge in [0.25, 0.3) is 11.5 Å². The Kier molecular flexibility index (Phi) is 6.74. The number of carbonyl (C=O) groups excluding carboxylic acids is 1. The molecule has 2 aliphatic rings. The lowest BCUT2D eigenvalue weighted by molar-refractivity contribution is -0.122. The quantitative estimate of drug-likeness (QED) is 0.524. The van der Waals surface area contributed by atoms with E-state index >= 15 is 0 Å². The molecule has 1 amide bonds. The lowest BCUT2D eigenvalue weighted by atomic mass is 9.95. The van der Waals surface area contributed by atoms with Crippen molar-refractivity contribution in [2.24, 2.45) is 0 Å². The zero-order chi connectivity index (χ0) is 22.0. The van der Waals surface area contributed by atoms with Crippen LogP contribution in [-0.4, -0.2) is 50.8 Å². The number of carbonyl (C=O) groups is 1. The van der Waals surface area contributed by atoms with Gasteiger partial charge in [-0.3, -0.25) is 18.9 Å². The van der Waals surface area contributed by atoms with E-state index in [9.17, 15) is 9.59 Å². The molecule has 1 aliphatic carbocycles. The Morgan fingerprint density at radius 1 is 1.32 bits per heavy atom. The van der Waals surface area contributed by atoms with Crippen molar-refractivity contribution < 1.29 is 9.53 Å².